The van der Waals surface area contributed by atoms with Crippen molar-refractivity contribution >= 4 is 11.9 Å². The summed E-state index contributed by atoms with van der Waals surface area (Å²) in [5.74, 6) is -1.29. The number of rotatable bonds is 3. The van der Waals surface area contributed by atoms with E-state index in [1.165, 1.54) is 0 Å². The number of aliphatic imine (C=N–C) groups is 1. The first kappa shape index (κ1) is 13.0. The Morgan fingerprint density at radius 2 is 1.71 bits per heavy atom. The first-order valence-corrected chi connectivity index (χ1v) is 5.22. The number of carboxylic acids is 1. The molecule has 0 aliphatic rings. The van der Waals surface area contributed by atoms with Gasteiger partial charge in [-0.2, -0.15) is 0 Å². The molecule has 5 heteroatoms. The first-order valence-electron chi connectivity index (χ1n) is 5.22. The second kappa shape index (κ2) is 4.86. The summed E-state index contributed by atoms with van der Waals surface area (Å²) in [5, 5.41) is 9.18. The SMILES string of the molecule is Cc1cc(C)c(C(N=C(N)N)C(=O)O)c(C)c1. The van der Waals surface area contributed by atoms with Crippen LogP contribution < -0.4 is 11.5 Å². The minimum Gasteiger partial charge on any atom is -0.479 e. The van der Waals surface area contributed by atoms with Crippen LogP contribution in [0.25, 0.3) is 0 Å². The van der Waals surface area contributed by atoms with E-state index in [1.807, 2.05) is 32.9 Å². The maximum atomic E-state index is 11.2. The number of hydrogen-bond donors (Lipinski definition) is 3. The number of nitrogens with two attached hydrogens (primary N) is 2. The molecule has 0 bridgehead atoms. The summed E-state index contributed by atoms with van der Waals surface area (Å²) in [5.41, 5.74) is 14.0. The van der Waals surface area contributed by atoms with Crippen LogP contribution in [0.1, 0.15) is 28.3 Å². The molecule has 0 fully saturated rings. The molecule has 17 heavy (non-hydrogen) atoms. The molecule has 1 unspecified atom stereocenters. The first-order chi connectivity index (χ1) is 7.82. The van der Waals surface area contributed by atoms with E-state index in [0.717, 1.165) is 16.7 Å². The minimum absolute atomic E-state index is 0.225. The molecule has 0 amide bonds. The van der Waals surface area contributed by atoms with Crippen LogP contribution >= 0.6 is 0 Å². The zero-order valence-corrected chi connectivity index (χ0v) is 10.2. The molecule has 0 saturated carbocycles. The number of hydrogen-bond acceptors (Lipinski definition) is 2. The van der Waals surface area contributed by atoms with E-state index < -0.39 is 12.0 Å². The highest BCUT2D eigenvalue weighted by Gasteiger charge is 2.23. The fourth-order valence-corrected chi connectivity index (χ4v) is 2.01. The Labute approximate surface area is 100 Å². The van der Waals surface area contributed by atoms with E-state index in [-0.39, 0.29) is 5.96 Å². The molecule has 5 N–H and O–H groups in total. The molecule has 0 saturated heterocycles. The van der Waals surface area contributed by atoms with Crippen LogP contribution in [-0.4, -0.2) is 17.0 Å². The third kappa shape index (κ3) is 2.96. The third-order valence-corrected chi connectivity index (χ3v) is 2.52. The average molecular weight is 235 g/mol. The van der Waals surface area contributed by atoms with Crippen molar-refractivity contribution in [3.05, 3.63) is 34.4 Å². The number of carboxylic acid groups (broad SMARTS) is 1. The van der Waals surface area contributed by atoms with Crippen LogP contribution in [0, 0.1) is 20.8 Å². The van der Waals surface area contributed by atoms with Gasteiger partial charge in [-0.15, -0.1) is 0 Å². The largest absolute Gasteiger partial charge is 0.479 e. The monoisotopic (exact) mass is 235 g/mol. The molecule has 0 spiro atoms. The normalized spacial score (nSPS) is 11.9. The average Bonchev–Trinajstić information content (AvgIpc) is 2.13. The molecule has 5 nitrogen and oxygen atoms in total. The summed E-state index contributed by atoms with van der Waals surface area (Å²) < 4.78 is 0. The number of benzene rings is 1. The van der Waals surface area contributed by atoms with Crippen molar-refractivity contribution < 1.29 is 9.90 Å². The summed E-state index contributed by atoms with van der Waals surface area (Å²) in [6.07, 6.45) is 0. The summed E-state index contributed by atoms with van der Waals surface area (Å²) in [6, 6.07) is 2.79. The van der Waals surface area contributed by atoms with E-state index in [9.17, 15) is 9.90 Å². The molecule has 92 valence electrons. The minimum atomic E-state index is -1.06. The van der Waals surface area contributed by atoms with Gasteiger partial charge in [-0.05, 0) is 37.5 Å². The van der Waals surface area contributed by atoms with Gasteiger partial charge in [-0.3, -0.25) is 0 Å². The predicted octanol–water partition coefficient (Wildman–Crippen LogP) is 1.01. The maximum absolute atomic E-state index is 11.2. The number of guanidine groups is 1. The molecule has 0 radical (unpaired) electrons. The Morgan fingerprint density at radius 1 is 1.24 bits per heavy atom. The molecule has 1 aromatic rings. The van der Waals surface area contributed by atoms with Crippen molar-refractivity contribution in [1.82, 2.24) is 0 Å². The Morgan fingerprint density at radius 3 is 2.06 bits per heavy atom. The Hall–Kier alpha value is -2.04. The second-order valence-electron chi connectivity index (χ2n) is 4.11. The van der Waals surface area contributed by atoms with Gasteiger partial charge in [-0.1, -0.05) is 17.7 Å². The summed E-state index contributed by atoms with van der Waals surface area (Å²) >= 11 is 0. The lowest BCUT2D eigenvalue weighted by atomic mass is 9.94. The van der Waals surface area contributed by atoms with Crippen molar-refractivity contribution in [2.24, 2.45) is 16.5 Å². The molecule has 1 rings (SSSR count). The lowest BCUT2D eigenvalue weighted by Crippen LogP contribution is -2.26. The van der Waals surface area contributed by atoms with E-state index in [0.29, 0.717) is 5.56 Å². The van der Waals surface area contributed by atoms with Gasteiger partial charge in [0, 0.05) is 0 Å². The van der Waals surface area contributed by atoms with Gasteiger partial charge >= 0.3 is 5.97 Å². The number of aliphatic carboxylic acids is 1. The highest BCUT2D eigenvalue weighted by atomic mass is 16.4. The zero-order valence-electron chi connectivity index (χ0n) is 10.2. The highest BCUT2D eigenvalue weighted by Crippen LogP contribution is 2.26. The Kier molecular flexibility index (Phi) is 3.73. The molecular weight excluding hydrogens is 218 g/mol. The molecule has 0 aromatic heterocycles. The molecule has 0 aliphatic carbocycles. The molecule has 0 aliphatic heterocycles. The van der Waals surface area contributed by atoms with E-state index in [4.69, 9.17) is 11.5 Å². The van der Waals surface area contributed by atoms with Crippen LogP contribution in [-0.2, 0) is 4.79 Å². The number of carbonyl (C=O) groups is 1. The fourth-order valence-electron chi connectivity index (χ4n) is 2.01. The quantitative estimate of drug-likeness (QED) is 0.537. The second-order valence-corrected chi connectivity index (χ2v) is 4.11. The van der Waals surface area contributed by atoms with Crippen LogP contribution in [0.2, 0.25) is 0 Å². The molecule has 1 aromatic carbocycles. The van der Waals surface area contributed by atoms with Gasteiger partial charge in [-0.25, -0.2) is 9.79 Å². The van der Waals surface area contributed by atoms with Gasteiger partial charge in [0.05, 0.1) is 0 Å². The predicted molar refractivity (Wildman–Crippen MR) is 66.8 cm³/mol. The summed E-state index contributed by atoms with van der Waals surface area (Å²) in [7, 11) is 0. The zero-order chi connectivity index (χ0) is 13.2. The Bertz CT molecular complexity index is 454. The van der Waals surface area contributed by atoms with Crippen LogP contribution in [0.5, 0.6) is 0 Å². The van der Waals surface area contributed by atoms with Crippen LogP contribution in [0.15, 0.2) is 17.1 Å². The van der Waals surface area contributed by atoms with Crippen molar-refractivity contribution in [3.8, 4) is 0 Å². The Balaban J connectivity index is 3.38. The van der Waals surface area contributed by atoms with Gasteiger partial charge in [0.15, 0.2) is 12.0 Å². The van der Waals surface area contributed by atoms with Gasteiger partial charge in [0.25, 0.3) is 0 Å². The molecule has 0 heterocycles. The van der Waals surface area contributed by atoms with Gasteiger partial charge in [0.2, 0.25) is 0 Å². The maximum Gasteiger partial charge on any atom is 0.333 e. The standard InChI is InChI=1S/C12H17N3O2/c1-6-4-7(2)9(8(3)5-6)10(11(16)17)15-12(13)14/h4-5,10H,1-3H3,(H,16,17)(H4,13,14,15). The fraction of sp³-hybridized carbons (Fsp3) is 0.333. The van der Waals surface area contributed by atoms with Gasteiger partial charge in [0.1, 0.15) is 0 Å². The summed E-state index contributed by atoms with van der Waals surface area (Å²) in [4.78, 5) is 15.0. The topological polar surface area (TPSA) is 102 Å². The van der Waals surface area contributed by atoms with E-state index in [1.54, 1.807) is 0 Å². The smallest absolute Gasteiger partial charge is 0.333 e. The number of aryl methyl sites for hydroxylation is 3. The highest BCUT2D eigenvalue weighted by molar-refractivity contribution is 5.83. The van der Waals surface area contributed by atoms with Crippen molar-refractivity contribution in [1.29, 1.82) is 0 Å². The number of nitrogens with zero attached hydrogens (tertiary/aromatic N) is 1. The lowest BCUT2D eigenvalue weighted by molar-refractivity contribution is -0.138. The lowest BCUT2D eigenvalue weighted by Gasteiger charge is -2.15. The molecular formula is C12H17N3O2. The van der Waals surface area contributed by atoms with E-state index in [2.05, 4.69) is 4.99 Å². The third-order valence-electron chi connectivity index (χ3n) is 2.52. The van der Waals surface area contributed by atoms with Gasteiger partial charge < -0.3 is 16.6 Å². The van der Waals surface area contributed by atoms with Crippen molar-refractivity contribution in [3.63, 3.8) is 0 Å². The molecule has 1 atom stereocenters. The van der Waals surface area contributed by atoms with Crippen LogP contribution in [0.4, 0.5) is 0 Å². The van der Waals surface area contributed by atoms with E-state index >= 15 is 0 Å². The summed E-state index contributed by atoms with van der Waals surface area (Å²) in [6.45, 7) is 5.67. The van der Waals surface area contributed by atoms with Crippen LogP contribution in [0.3, 0.4) is 0 Å². The van der Waals surface area contributed by atoms with Crippen molar-refractivity contribution in [2.75, 3.05) is 0 Å². The van der Waals surface area contributed by atoms with Crippen molar-refractivity contribution in [2.45, 2.75) is 26.8 Å².